The summed E-state index contributed by atoms with van der Waals surface area (Å²) in [6.07, 6.45) is 3.97. The Balaban J connectivity index is 2.16. The Labute approximate surface area is 136 Å². The average Bonchev–Trinajstić information content (AvgIpc) is 2.89. The molecule has 0 unspecified atom stereocenters. The number of unbranched alkanes of at least 4 members (excludes halogenated alkanes) is 1. The summed E-state index contributed by atoms with van der Waals surface area (Å²) in [5.74, 6) is 1.60. The molecule has 0 aliphatic rings. The van der Waals surface area contributed by atoms with Crippen LogP contribution in [0.3, 0.4) is 0 Å². The number of nitrogens with zero attached hydrogens (tertiary/aromatic N) is 4. The molecule has 23 heavy (non-hydrogen) atoms. The smallest absolute Gasteiger partial charge is 0.161 e. The first-order chi connectivity index (χ1) is 11.1. The van der Waals surface area contributed by atoms with Crippen LogP contribution in [0, 0.1) is 13.8 Å². The maximum Gasteiger partial charge on any atom is 0.161 e. The second-order valence-electron chi connectivity index (χ2n) is 5.83. The number of aryl methyl sites for hydroxylation is 3. The Kier molecular flexibility index (Phi) is 4.28. The van der Waals surface area contributed by atoms with Gasteiger partial charge in [0.15, 0.2) is 5.65 Å². The minimum Gasteiger partial charge on any atom is -0.493 e. The van der Waals surface area contributed by atoms with Gasteiger partial charge in [-0.2, -0.15) is 5.10 Å². The topological polar surface area (TPSA) is 52.8 Å². The summed E-state index contributed by atoms with van der Waals surface area (Å²) in [5.41, 5.74) is 3.91. The molecule has 0 amide bonds. The van der Waals surface area contributed by atoms with Crippen molar-refractivity contribution in [3.63, 3.8) is 0 Å². The summed E-state index contributed by atoms with van der Waals surface area (Å²) < 4.78 is 7.77. The van der Waals surface area contributed by atoms with E-state index in [0.29, 0.717) is 6.61 Å². The van der Waals surface area contributed by atoms with Crippen molar-refractivity contribution in [2.24, 2.45) is 7.05 Å². The van der Waals surface area contributed by atoms with Gasteiger partial charge in [0.25, 0.3) is 0 Å². The van der Waals surface area contributed by atoms with Crippen LogP contribution in [0.25, 0.3) is 22.3 Å². The van der Waals surface area contributed by atoms with E-state index in [-0.39, 0.29) is 0 Å². The Morgan fingerprint density at radius 3 is 2.78 bits per heavy atom. The molecular formula is C18H22N4O. The molecule has 120 valence electrons. The Morgan fingerprint density at radius 2 is 2.00 bits per heavy atom. The summed E-state index contributed by atoms with van der Waals surface area (Å²) in [6, 6.07) is 6.22. The molecule has 0 bridgehead atoms. The summed E-state index contributed by atoms with van der Waals surface area (Å²) in [5, 5.41) is 5.27. The van der Waals surface area contributed by atoms with E-state index in [4.69, 9.17) is 4.74 Å². The second-order valence-corrected chi connectivity index (χ2v) is 5.83. The van der Waals surface area contributed by atoms with Crippen LogP contribution in [0.15, 0.2) is 24.4 Å². The van der Waals surface area contributed by atoms with Gasteiger partial charge < -0.3 is 4.74 Å². The molecule has 0 atom stereocenters. The normalized spacial score (nSPS) is 11.1. The van der Waals surface area contributed by atoms with Gasteiger partial charge in [0, 0.05) is 12.6 Å². The fourth-order valence-corrected chi connectivity index (χ4v) is 2.62. The Bertz CT molecular complexity index is 838. The largest absolute Gasteiger partial charge is 0.493 e. The lowest BCUT2D eigenvalue weighted by molar-refractivity contribution is 0.310. The van der Waals surface area contributed by atoms with Crippen molar-refractivity contribution in [1.29, 1.82) is 0 Å². The van der Waals surface area contributed by atoms with Crippen LogP contribution >= 0.6 is 0 Å². The van der Waals surface area contributed by atoms with Crippen molar-refractivity contribution in [2.45, 2.75) is 33.6 Å². The Morgan fingerprint density at radius 1 is 1.17 bits per heavy atom. The molecule has 0 spiro atoms. The summed E-state index contributed by atoms with van der Waals surface area (Å²) >= 11 is 0. The van der Waals surface area contributed by atoms with Crippen LogP contribution in [-0.4, -0.2) is 26.4 Å². The zero-order chi connectivity index (χ0) is 16.4. The fraction of sp³-hybridized carbons (Fsp3) is 0.389. The minimum atomic E-state index is 0.715. The van der Waals surface area contributed by atoms with E-state index >= 15 is 0 Å². The molecule has 2 aromatic heterocycles. The standard InChI is InChI=1S/C18H22N4O/c1-5-6-9-23-16-8-7-12(2)10-14(16)17-15-11-19-22(4)18(15)21-13(3)20-17/h7-8,10-11H,5-6,9H2,1-4H3. The third-order valence-electron chi connectivity index (χ3n) is 3.85. The lowest BCUT2D eigenvalue weighted by atomic mass is 10.1. The highest BCUT2D eigenvalue weighted by Crippen LogP contribution is 2.34. The molecule has 0 aliphatic carbocycles. The number of fused-ring (bicyclic) bond motifs is 1. The van der Waals surface area contributed by atoms with Crippen molar-refractivity contribution in [2.75, 3.05) is 6.61 Å². The lowest BCUT2D eigenvalue weighted by Crippen LogP contribution is -2.01. The van der Waals surface area contributed by atoms with Gasteiger partial charge in [-0.05, 0) is 32.4 Å². The predicted octanol–water partition coefficient (Wildman–Crippen LogP) is 3.83. The van der Waals surface area contributed by atoms with Crippen molar-refractivity contribution >= 4 is 11.0 Å². The van der Waals surface area contributed by atoms with Crippen LogP contribution < -0.4 is 4.74 Å². The Hall–Kier alpha value is -2.43. The molecule has 3 rings (SSSR count). The molecule has 5 heteroatoms. The number of hydrogen-bond acceptors (Lipinski definition) is 4. The van der Waals surface area contributed by atoms with Crippen molar-refractivity contribution < 1.29 is 4.74 Å². The van der Waals surface area contributed by atoms with Crippen LogP contribution in [0.5, 0.6) is 5.75 Å². The first-order valence-electron chi connectivity index (χ1n) is 8.00. The van der Waals surface area contributed by atoms with Gasteiger partial charge in [0.1, 0.15) is 11.6 Å². The number of aromatic nitrogens is 4. The molecular weight excluding hydrogens is 288 g/mol. The van der Waals surface area contributed by atoms with Crippen LogP contribution in [-0.2, 0) is 7.05 Å². The predicted molar refractivity (Wildman–Crippen MR) is 91.6 cm³/mol. The molecule has 0 saturated carbocycles. The number of hydrogen-bond donors (Lipinski definition) is 0. The van der Waals surface area contributed by atoms with Crippen LogP contribution in [0.2, 0.25) is 0 Å². The number of rotatable bonds is 5. The minimum absolute atomic E-state index is 0.715. The molecule has 0 fully saturated rings. The van der Waals surface area contributed by atoms with E-state index in [2.05, 4.69) is 41.0 Å². The maximum atomic E-state index is 5.99. The number of ether oxygens (including phenoxy) is 1. The molecule has 0 saturated heterocycles. The van der Waals surface area contributed by atoms with E-state index in [1.807, 2.05) is 26.2 Å². The monoisotopic (exact) mass is 310 g/mol. The fourth-order valence-electron chi connectivity index (χ4n) is 2.62. The molecule has 0 N–H and O–H groups in total. The summed E-state index contributed by atoms with van der Waals surface area (Å²) in [7, 11) is 1.90. The molecule has 5 nitrogen and oxygen atoms in total. The number of benzene rings is 1. The zero-order valence-corrected chi connectivity index (χ0v) is 14.1. The quantitative estimate of drug-likeness (QED) is 0.672. The van der Waals surface area contributed by atoms with E-state index < -0.39 is 0 Å². The van der Waals surface area contributed by atoms with Gasteiger partial charge in [-0.25, -0.2) is 9.97 Å². The van der Waals surface area contributed by atoms with E-state index in [0.717, 1.165) is 46.7 Å². The van der Waals surface area contributed by atoms with Gasteiger partial charge in [0.05, 0.1) is 23.9 Å². The SMILES string of the molecule is CCCCOc1ccc(C)cc1-c1nc(C)nc2c1cnn2C. The first kappa shape index (κ1) is 15.5. The van der Waals surface area contributed by atoms with Crippen LogP contribution in [0.1, 0.15) is 31.2 Å². The third-order valence-corrected chi connectivity index (χ3v) is 3.85. The van der Waals surface area contributed by atoms with Crippen molar-refractivity contribution in [3.8, 4) is 17.0 Å². The van der Waals surface area contributed by atoms with E-state index in [1.54, 1.807) is 4.68 Å². The zero-order valence-electron chi connectivity index (χ0n) is 14.1. The molecule has 1 aromatic carbocycles. The van der Waals surface area contributed by atoms with Gasteiger partial charge in [0.2, 0.25) is 0 Å². The highest BCUT2D eigenvalue weighted by molar-refractivity contribution is 5.92. The van der Waals surface area contributed by atoms with Gasteiger partial charge in [-0.15, -0.1) is 0 Å². The molecule has 0 aliphatic heterocycles. The second kappa shape index (κ2) is 6.36. The van der Waals surface area contributed by atoms with Gasteiger partial charge in [-0.1, -0.05) is 25.0 Å². The molecule has 0 radical (unpaired) electrons. The lowest BCUT2D eigenvalue weighted by Gasteiger charge is -2.13. The first-order valence-corrected chi connectivity index (χ1v) is 8.00. The van der Waals surface area contributed by atoms with Gasteiger partial charge in [-0.3, -0.25) is 4.68 Å². The maximum absolute atomic E-state index is 5.99. The van der Waals surface area contributed by atoms with E-state index in [9.17, 15) is 0 Å². The highest BCUT2D eigenvalue weighted by atomic mass is 16.5. The summed E-state index contributed by atoms with van der Waals surface area (Å²) in [4.78, 5) is 9.17. The third kappa shape index (κ3) is 3.04. The molecule has 2 heterocycles. The highest BCUT2D eigenvalue weighted by Gasteiger charge is 2.16. The van der Waals surface area contributed by atoms with Crippen LogP contribution in [0.4, 0.5) is 0 Å². The van der Waals surface area contributed by atoms with Gasteiger partial charge >= 0.3 is 0 Å². The van der Waals surface area contributed by atoms with Crippen molar-refractivity contribution in [3.05, 3.63) is 35.8 Å². The van der Waals surface area contributed by atoms with E-state index in [1.165, 1.54) is 5.56 Å². The van der Waals surface area contributed by atoms with Crippen molar-refractivity contribution in [1.82, 2.24) is 19.7 Å². The average molecular weight is 310 g/mol. The summed E-state index contributed by atoms with van der Waals surface area (Å²) in [6.45, 7) is 6.86. The molecule has 3 aromatic rings.